The van der Waals surface area contributed by atoms with E-state index in [4.69, 9.17) is 23.2 Å². The molecule has 1 aromatic carbocycles. The van der Waals surface area contributed by atoms with Gasteiger partial charge in [-0.1, -0.05) is 23.2 Å². The molecule has 2 aromatic heterocycles. The summed E-state index contributed by atoms with van der Waals surface area (Å²) >= 11 is 12.1. The van der Waals surface area contributed by atoms with Crippen LogP contribution in [0.2, 0.25) is 10.0 Å². The second-order valence-corrected chi connectivity index (χ2v) is 5.48. The molecule has 0 aliphatic heterocycles. The van der Waals surface area contributed by atoms with Crippen LogP contribution < -0.4 is 4.57 Å². The van der Waals surface area contributed by atoms with Crippen LogP contribution in [0, 0.1) is 15.9 Å². The first-order valence-corrected chi connectivity index (χ1v) is 6.80. The molecule has 0 radical (unpaired) electrons. The molecule has 6 nitrogen and oxygen atoms in total. The van der Waals surface area contributed by atoms with Crippen molar-refractivity contribution in [1.82, 2.24) is 9.78 Å². The van der Waals surface area contributed by atoms with Crippen molar-refractivity contribution in [2.75, 3.05) is 0 Å². The lowest BCUT2D eigenvalue weighted by molar-refractivity contribution is -0.671. The molecule has 0 bridgehead atoms. The largest absolute Gasteiger partial charge is 0.272 e. The molecule has 0 saturated carbocycles. The van der Waals surface area contributed by atoms with Crippen LogP contribution in [0.4, 0.5) is 10.1 Å². The third-order valence-corrected chi connectivity index (χ3v) is 3.65. The maximum atomic E-state index is 13.9. The van der Waals surface area contributed by atoms with Gasteiger partial charge in [-0.25, -0.2) is 9.25 Å². The molecule has 0 aliphatic rings. The molecule has 2 heterocycles. The van der Waals surface area contributed by atoms with Crippen molar-refractivity contribution in [2.45, 2.75) is 0 Å². The average Bonchev–Trinajstić information content (AvgIpc) is 2.81. The fourth-order valence-corrected chi connectivity index (χ4v) is 2.80. The van der Waals surface area contributed by atoms with Crippen molar-refractivity contribution in [3.63, 3.8) is 0 Å². The summed E-state index contributed by atoms with van der Waals surface area (Å²) < 4.78 is 16.8. The molecular formula is C13H8Cl2FN4O2+. The van der Waals surface area contributed by atoms with E-state index >= 15 is 0 Å². The summed E-state index contributed by atoms with van der Waals surface area (Å²) in [5.41, 5.74) is 0.184. The first-order valence-electron chi connectivity index (χ1n) is 6.05. The van der Waals surface area contributed by atoms with Crippen LogP contribution in [-0.2, 0) is 7.05 Å². The highest BCUT2D eigenvalue weighted by Gasteiger charge is 2.19. The number of halogens is 3. The smallest absolute Gasteiger partial charge is 0.258 e. The standard InChI is InChI=1S/C13H8Cl2FN4O2/c1-18-4-7-5-19(17-12(7)11(16)6-18)13-9(14)2-8(20(21)22)3-10(13)15/h2-6H,1H3/q+1. The molecule has 3 aromatic rings. The molecular weight excluding hydrogens is 334 g/mol. The minimum atomic E-state index is -0.596. The lowest BCUT2D eigenvalue weighted by Gasteiger charge is -2.06. The summed E-state index contributed by atoms with van der Waals surface area (Å²) in [5, 5.41) is 15.6. The molecule has 0 unspecified atom stereocenters. The van der Waals surface area contributed by atoms with E-state index in [0.29, 0.717) is 5.39 Å². The number of pyridine rings is 1. The highest BCUT2D eigenvalue weighted by molar-refractivity contribution is 6.38. The number of fused-ring (bicyclic) bond motifs is 1. The third-order valence-electron chi connectivity index (χ3n) is 3.07. The van der Waals surface area contributed by atoms with Gasteiger partial charge in [0, 0.05) is 18.3 Å². The Labute approximate surface area is 133 Å². The summed E-state index contributed by atoms with van der Waals surface area (Å²) in [7, 11) is 1.69. The Balaban J connectivity index is 2.24. The van der Waals surface area contributed by atoms with E-state index in [9.17, 15) is 14.5 Å². The van der Waals surface area contributed by atoms with Crippen molar-refractivity contribution in [1.29, 1.82) is 0 Å². The second kappa shape index (κ2) is 5.19. The fourth-order valence-electron chi connectivity index (χ4n) is 2.15. The van der Waals surface area contributed by atoms with Crippen LogP contribution in [0.25, 0.3) is 16.6 Å². The monoisotopic (exact) mass is 341 g/mol. The Kier molecular flexibility index (Phi) is 3.46. The lowest BCUT2D eigenvalue weighted by Crippen LogP contribution is -2.27. The van der Waals surface area contributed by atoms with Crippen LogP contribution in [0.3, 0.4) is 0 Å². The van der Waals surface area contributed by atoms with Gasteiger partial charge in [0.2, 0.25) is 12.0 Å². The average molecular weight is 342 g/mol. The minimum absolute atomic E-state index is 0.0526. The Hall–Kier alpha value is -2.25. The normalized spacial score (nSPS) is 11.1. The van der Waals surface area contributed by atoms with E-state index in [0.717, 1.165) is 0 Å². The number of hydrogen-bond acceptors (Lipinski definition) is 3. The minimum Gasteiger partial charge on any atom is -0.258 e. The molecule has 0 N–H and O–H groups in total. The number of nitrogens with zero attached hydrogens (tertiary/aromatic N) is 4. The molecule has 0 amide bonds. The van der Waals surface area contributed by atoms with Crippen molar-refractivity contribution in [3.8, 4) is 5.69 Å². The van der Waals surface area contributed by atoms with E-state index in [-0.39, 0.29) is 26.9 Å². The Morgan fingerprint density at radius 3 is 2.55 bits per heavy atom. The summed E-state index contributed by atoms with van der Waals surface area (Å²) in [6, 6.07) is 2.34. The Bertz CT molecular complexity index is 903. The topological polar surface area (TPSA) is 64.8 Å². The molecule has 0 saturated heterocycles. The van der Waals surface area contributed by atoms with Crippen molar-refractivity contribution >= 4 is 39.8 Å². The summed E-state index contributed by atoms with van der Waals surface area (Å²) in [5.74, 6) is -0.493. The lowest BCUT2D eigenvalue weighted by atomic mass is 10.3. The van der Waals surface area contributed by atoms with Gasteiger partial charge in [0.1, 0.15) is 18.3 Å². The van der Waals surface area contributed by atoms with Crippen LogP contribution in [0.5, 0.6) is 0 Å². The maximum Gasteiger partial charge on any atom is 0.272 e. The third kappa shape index (κ3) is 2.38. The molecule has 0 atom stereocenters. The zero-order valence-corrected chi connectivity index (χ0v) is 12.6. The molecule has 3 rings (SSSR count). The van der Waals surface area contributed by atoms with Gasteiger partial charge in [0.15, 0.2) is 6.20 Å². The highest BCUT2D eigenvalue weighted by atomic mass is 35.5. The quantitative estimate of drug-likeness (QED) is 0.408. The number of nitro benzene ring substituents is 1. The van der Waals surface area contributed by atoms with E-state index in [2.05, 4.69) is 5.10 Å². The van der Waals surface area contributed by atoms with Gasteiger partial charge < -0.3 is 0 Å². The predicted octanol–water partition coefficient (Wildman–Crippen LogP) is 3.20. The van der Waals surface area contributed by atoms with Gasteiger partial charge >= 0.3 is 0 Å². The highest BCUT2D eigenvalue weighted by Crippen LogP contribution is 2.33. The Morgan fingerprint density at radius 2 is 1.95 bits per heavy atom. The van der Waals surface area contributed by atoms with Crippen LogP contribution in [-0.4, -0.2) is 14.7 Å². The second-order valence-electron chi connectivity index (χ2n) is 4.66. The fraction of sp³-hybridized carbons (Fsp3) is 0.0769. The summed E-state index contributed by atoms with van der Waals surface area (Å²) in [6.45, 7) is 0. The van der Waals surface area contributed by atoms with Gasteiger partial charge in [-0.05, 0) is 0 Å². The first-order chi connectivity index (χ1) is 10.4. The van der Waals surface area contributed by atoms with Gasteiger partial charge in [0.05, 0.1) is 20.4 Å². The van der Waals surface area contributed by atoms with Gasteiger partial charge in [0.25, 0.3) is 5.69 Å². The summed E-state index contributed by atoms with van der Waals surface area (Å²) in [6.07, 6.45) is 4.53. The first kappa shape index (κ1) is 14.7. The van der Waals surface area contributed by atoms with Crippen LogP contribution in [0.15, 0.2) is 30.7 Å². The molecule has 0 aliphatic carbocycles. The molecule has 22 heavy (non-hydrogen) atoms. The summed E-state index contributed by atoms with van der Waals surface area (Å²) in [4.78, 5) is 10.2. The Morgan fingerprint density at radius 1 is 1.32 bits per heavy atom. The zero-order valence-electron chi connectivity index (χ0n) is 11.1. The number of hydrogen-bond donors (Lipinski definition) is 0. The van der Waals surface area contributed by atoms with E-state index in [1.165, 1.54) is 23.0 Å². The molecule has 9 heteroatoms. The number of nitro groups is 1. The predicted molar refractivity (Wildman–Crippen MR) is 78.9 cm³/mol. The number of benzene rings is 1. The number of rotatable bonds is 2. The van der Waals surface area contributed by atoms with Crippen molar-refractivity contribution in [3.05, 3.63) is 56.7 Å². The molecule has 0 fully saturated rings. The molecule has 0 spiro atoms. The maximum absolute atomic E-state index is 13.9. The van der Waals surface area contributed by atoms with Crippen LogP contribution in [0.1, 0.15) is 0 Å². The van der Waals surface area contributed by atoms with Gasteiger partial charge in [-0.3, -0.25) is 10.1 Å². The van der Waals surface area contributed by atoms with Gasteiger partial charge in [-0.2, -0.15) is 9.49 Å². The number of aromatic nitrogens is 3. The van der Waals surface area contributed by atoms with E-state index < -0.39 is 10.7 Å². The van der Waals surface area contributed by atoms with E-state index in [1.54, 1.807) is 24.0 Å². The van der Waals surface area contributed by atoms with E-state index in [1.807, 2.05) is 0 Å². The zero-order chi connectivity index (χ0) is 16.0. The van der Waals surface area contributed by atoms with Crippen LogP contribution >= 0.6 is 23.2 Å². The number of aryl methyl sites for hydroxylation is 1. The van der Waals surface area contributed by atoms with Gasteiger partial charge in [-0.15, -0.1) is 0 Å². The SMILES string of the molecule is C[n+]1cc(F)c2nn(-c3c(Cl)cc([N+](=O)[O-])cc3Cl)cc2c1. The van der Waals surface area contributed by atoms with Crippen molar-refractivity contribution < 1.29 is 13.9 Å². The van der Waals surface area contributed by atoms with Crippen molar-refractivity contribution in [2.24, 2.45) is 7.05 Å². The molecule has 112 valence electrons. The number of non-ortho nitro benzene ring substituents is 1.